The van der Waals surface area contributed by atoms with Crippen molar-refractivity contribution in [2.45, 2.75) is 51.0 Å². The molecule has 1 aliphatic carbocycles. The molecule has 2 N–H and O–H groups in total. The van der Waals surface area contributed by atoms with Crippen molar-refractivity contribution < 1.29 is 0 Å². The summed E-state index contributed by atoms with van der Waals surface area (Å²) in [6.07, 6.45) is 9.22. The van der Waals surface area contributed by atoms with E-state index in [9.17, 15) is 0 Å². The Morgan fingerprint density at radius 2 is 1.88 bits per heavy atom. The highest BCUT2D eigenvalue weighted by atomic mass is 79.9. The van der Waals surface area contributed by atoms with Gasteiger partial charge in [0, 0.05) is 10.5 Å². The zero-order chi connectivity index (χ0) is 12.1. The molecule has 1 unspecified atom stereocenters. The summed E-state index contributed by atoms with van der Waals surface area (Å²) in [4.78, 5) is 0. The second-order valence-electron chi connectivity index (χ2n) is 5.25. The molecule has 0 aromatic heterocycles. The third-order valence-electron chi connectivity index (χ3n) is 3.87. The van der Waals surface area contributed by atoms with Crippen molar-refractivity contribution in [1.82, 2.24) is 0 Å². The Bertz CT molecular complexity index is 343. The first kappa shape index (κ1) is 13.1. The Balaban J connectivity index is 1.93. The van der Waals surface area contributed by atoms with E-state index in [1.54, 1.807) is 0 Å². The number of hydrogen-bond donors (Lipinski definition) is 1. The second-order valence-corrected chi connectivity index (χ2v) is 6.17. The molecule has 0 heterocycles. The standard InChI is InChI=1S/C15H22BrN/c16-14-9-5-6-12(10-14)11-15(17)13-7-3-1-2-4-8-13/h5-6,9-10,13,15H,1-4,7-8,11,17H2. The first-order chi connectivity index (χ1) is 8.25. The van der Waals surface area contributed by atoms with Gasteiger partial charge in [-0.15, -0.1) is 0 Å². The molecule has 2 rings (SSSR count). The SMILES string of the molecule is NC(Cc1cccc(Br)c1)C1CCCCCC1. The molecule has 0 radical (unpaired) electrons. The lowest BCUT2D eigenvalue weighted by Crippen LogP contribution is -2.32. The summed E-state index contributed by atoms with van der Waals surface area (Å²) in [5, 5.41) is 0. The molecule has 1 saturated carbocycles. The second kappa shape index (κ2) is 6.55. The number of nitrogens with two attached hydrogens (primary N) is 1. The molecular formula is C15H22BrN. The molecule has 2 heteroatoms. The van der Waals surface area contributed by atoms with E-state index in [2.05, 4.69) is 40.2 Å². The van der Waals surface area contributed by atoms with Crippen LogP contribution < -0.4 is 5.73 Å². The summed E-state index contributed by atoms with van der Waals surface area (Å²) in [5.41, 5.74) is 7.74. The van der Waals surface area contributed by atoms with Gasteiger partial charge >= 0.3 is 0 Å². The highest BCUT2D eigenvalue weighted by molar-refractivity contribution is 9.10. The van der Waals surface area contributed by atoms with Crippen molar-refractivity contribution in [3.8, 4) is 0 Å². The monoisotopic (exact) mass is 295 g/mol. The lowest BCUT2D eigenvalue weighted by Gasteiger charge is -2.22. The maximum absolute atomic E-state index is 6.38. The van der Waals surface area contributed by atoms with Crippen LogP contribution in [0.4, 0.5) is 0 Å². The molecule has 1 nitrogen and oxygen atoms in total. The Morgan fingerprint density at radius 1 is 1.18 bits per heavy atom. The Morgan fingerprint density at radius 3 is 2.53 bits per heavy atom. The van der Waals surface area contributed by atoms with E-state index in [1.807, 2.05) is 0 Å². The maximum Gasteiger partial charge on any atom is 0.0178 e. The quantitative estimate of drug-likeness (QED) is 0.827. The smallest absolute Gasteiger partial charge is 0.0178 e. The van der Waals surface area contributed by atoms with Crippen LogP contribution in [-0.4, -0.2) is 6.04 Å². The van der Waals surface area contributed by atoms with Gasteiger partial charge in [-0.2, -0.15) is 0 Å². The van der Waals surface area contributed by atoms with Crippen molar-refractivity contribution in [2.75, 3.05) is 0 Å². The largest absolute Gasteiger partial charge is 0.327 e. The van der Waals surface area contributed by atoms with Crippen molar-refractivity contribution >= 4 is 15.9 Å². The average molecular weight is 296 g/mol. The van der Waals surface area contributed by atoms with Gasteiger partial charge in [0.1, 0.15) is 0 Å². The normalized spacial score (nSPS) is 19.9. The average Bonchev–Trinajstić information content (AvgIpc) is 2.57. The van der Waals surface area contributed by atoms with Gasteiger partial charge in [0.2, 0.25) is 0 Å². The summed E-state index contributed by atoms with van der Waals surface area (Å²) in [7, 11) is 0. The predicted molar refractivity (Wildman–Crippen MR) is 77.0 cm³/mol. The van der Waals surface area contributed by atoms with Crippen LogP contribution in [0, 0.1) is 5.92 Å². The molecule has 1 aliphatic rings. The van der Waals surface area contributed by atoms with Gasteiger partial charge < -0.3 is 5.73 Å². The highest BCUT2D eigenvalue weighted by Gasteiger charge is 2.19. The molecule has 1 aromatic rings. The van der Waals surface area contributed by atoms with E-state index < -0.39 is 0 Å². The molecular weight excluding hydrogens is 274 g/mol. The Hall–Kier alpha value is -0.340. The highest BCUT2D eigenvalue weighted by Crippen LogP contribution is 2.26. The van der Waals surface area contributed by atoms with E-state index >= 15 is 0 Å². The molecule has 17 heavy (non-hydrogen) atoms. The van der Waals surface area contributed by atoms with E-state index in [1.165, 1.54) is 44.1 Å². The number of benzene rings is 1. The van der Waals surface area contributed by atoms with Crippen molar-refractivity contribution in [2.24, 2.45) is 11.7 Å². The first-order valence-electron chi connectivity index (χ1n) is 6.76. The lowest BCUT2D eigenvalue weighted by molar-refractivity contribution is 0.372. The van der Waals surface area contributed by atoms with Gasteiger partial charge in [0.15, 0.2) is 0 Å². The molecule has 0 amide bonds. The van der Waals surface area contributed by atoms with Gasteiger partial charge in [-0.1, -0.05) is 53.7 Å². The van der Waals surface area contributed by atoms with Crippen LogP contribution in [0.25, 0.3) is 0 Å². The third kappa shape index (κ3) is 4.11. The van der Waals surface area contributed by atoms with Crippen LogP contribution >= 0.6 is 15.9 Å². The number of rotatable bonds is 3. The third-order valence-corrected chi connectivity index (χ3v) is 4.36. The minimum Gasteiger partial charge on any atom is -0.327 e. The topological polar surface area (TPSA) is 26.0 Å². The van der Waals surface area contributed by atoms with Crippen LogP contribution in [0.1, 0.15) is 44.1 Å². The van der Waals surface area contributed by atoms with Gasteiger partial charge in [-0.05, 0) is 42.9 Å². The zero-order valence-electron chi connectivity index (χ0n) is 10.4. The van der Waals surface area contributed by atoms with Crippen LogP contribution in [0.15, 0.2) is 28.7 Å². The zero-order valence-corrected chi connectivity index (χ0v) is 12.0. The van der Waals surface area contributed by atoms with Crippen molar-refractivity contribution in [3.63, 3.8) is 0 Å². The molecule has 0 saturated heterocycles. The lowest BCUT2D eigenvalue weighted by atomic mass is 9.88. The minimum atomic E-state index is 0.336. The summed E-state index contributed by atoms with van der Waals surface area (Å²) in [6.45, 7) is 0. The molecule has 0 spiro atoms. The summed E-state index contributed by atoms with van der Waals surface area (Å²) in [6, 6.07) is 8.88. The fourth-order valence-corrected chi connectivity index (χ4v) is 3.29. The Kier molecular flexibility index (Phi) is 5.05. The Labute approximate surface area is 113 Å². The minimum absolute atomic E-state index is 0.336. The first-order valence-corrected chi connectivity index (χ1v) is 7.55. The molecule has 1 atom stereocenters. The van der Waals surface area contributed by atoms with Crippen molar-refractivity contribution in [1.29, 1.82) is 0 Å². The summed E-state index contributed by atoms with van der Waals surface area (Å²) < 4.78 is 1.16. The van der Waals surface area contributed by atoms with E-state index in [0.29, 0.717) is 6.04 Å². The fraction of sp³-hybridized carbons (Fsp3) is 0.600. The van der Waals surface area contributed by atoms with E-state index in [-0.39, 0.29) is 0 Å². The number of halogens is 1. The van der Waals surface area contributed by atoms with Crippen LogP contribution in [0.5, 0.6) is 0 Å². The summed E-state index contributed by atoms with van der Waals surface area (Å²) >= 11 is 3.52. The fourth-order valence-electron chi connectivity index (χ4n) is 2.84. The van der Waals surface area contributed by atoms with E-state index in [0.717, 1.165) is 16.8 Å². The van der Waals surface area contributed by atoms with Gasteiger partial charge in [0.25, 0.3) is 0 Å². The number of hydrogen-bond acceptors (Lipinski definition) is 1. The molecule has 0 aliphatic heterocycles. The van der Waals surface area contributed by atoms with Gasteiger partial charge in [-0.3, -0.25) is 0 Å². The predicted octanol–water partition coefficient (Wildman–Crippen LogP) is 4.29. The maximum atomic E-state index is 6.38. The van der Waals surface area contributed by atoms with Gasteiger partial charge in [0.05, 0.1) is 0 Å². The van der Waals surface area contributed by atoms with E-state index in [4.69, 9.17) is 5.73 Å². The molecule has 94 valence electrons. The van der Waals surface area contributed by atoms with Crippen LogP contribution in [0.3, 0.4) is 0 Å². The van der Waals surface area contributed by atoms with Crippen molar-refractivity contribution in [3.05, 3.63) is 34.3 Å². The molecule has 1 fully saturated rings. The molecule has 1 aromatic carbocycles. The van der Waals surface area contributed by atoms with Crippen LogP contribution in [0.2, 0.25) is 0 Å². The summed E-state index contributed by atoms with van der Waals surface area (Å²) in [5.74, 6) is 0.733. The molecule has 0 bridgehead atoms. The van der Waals surface area contributed by atoms with Gasteiger partial charge in [-0.25, -0.2) is 0 Å². The van der Waals surface area contributed by atoms with Crippen LogP contribution in [-0.2, 0) is 6.42 Å².